The molecule has 0 radical (unpaired) electrons. The van der Waals surface area contributed by atoms with E-state index in [1.165, 1.54) is 10.5 Å². The van der Waals surface area contributed by atoms with Gasteiger partial charge in [0.25, 0.3) is 0 Å². The topological polar surface area (TPSA) is 47.6 Å². The standard InChI is InChI=1S/C19H20ClNO3S/c1-2-23-9-10-24-19(22)21-16-11-13-5-3-4-6-17(13)25-18-8-7-14(20)12-15(16)18/h3-8,12,16H,2,9-11H2,1H3,(H,21,22)/t16-/m0/s1. The van der Waals surface area contributed by atoms with Gasteiger partial charge >= 0.3 is 6.09 Å². The average molecular weight is 378 g/mol. The molecule has 0 fully saturated rings. The molecule has 0 saturated carbocycles. The lowest BCUT2D eigenvalue weighted by atomic mass is 9.99. The second-order valence-electron chi connectivity index (χ2n) is 5.63. The summed E-state index contributed by atoms with van der Waals surface area (Å²) in [6, 6.07) is 13.8. The molecule has 6 heteroatoms. The van der Waals surface area contributed by atoms with E-state index < -0.39 is 6.09 Å². The van der Waals surface area contributed by atoms with Crippen molar-refractivity contribution in [3.63, 3.8) is 0 Å². The third-order valence-corrected chi connectivity index (χ3v) is 5.37. The van der Waals surface area contributed by atoms with Crippen molar-refractivity contribution in [2.75, 3.05) is 19.8 Å². The Balaban J connectivity index is 1.80. The Bertz CT molecular complexity index is 753. The van der Waals surface area contributed by atoms with E-state index in [1.54, 1.807) is 11.8 Å². The summed E-state index contributed by atoms with van der Waals surface area (Å²) < 4.78 is 10.4. The molecule has 0 aliphatic carbocycles. The maximum Gasteiger partial charge on any atom is 0.407 e. The van der Waals surface area contributed by atoms with Gasteiger partial charge < -0.3 is 14.8 Å². The number of hydrogen-bond donors (Lipinski definition) is 1. The van der Waals surface area contributed by atoms with E-state index in [0.29, 0.717) is 24.7 Å². The number of halogens is 1. The lowest BCUT2D eigenvalue weighted by molar-refractivity contribution is 0.0773. The van der Waals surface area contributed by atoms with Gasteiger partial charge in [0.05, 0.1) is 12.6 Å². The van der Waals surface area contributed by atoms with Crippen molar-refractivity contribution in [3.8, 4) is 0 Å². The summed E-state index contributed by atoms with van der Waals surface area (Å²) in [6.45, 7) is 3.14. The van der Waals surface area contributed by atoms with Crippen molar-refractivity contribution < 1.29 is 14.3 Å². The number of hydrogen-bond acceptors (Lipinski definition) is 4. The summed E-state index contributed by atoms with van der Waals surface area (Å²) in [4.78, 5) is 14.5. The van der Waals surface area contributed by atoms with Crippen LogP contribution in [0.25, 0.3) is 0 Å². The van der Waals surface area contributed by atoms with Crippen LogP contribution in [0.2, 0.25) is 5.02 Å². The molecule has 2 aromatic carbocycles. The lowest BCUT2D eigenvalue weighted by Crippen LogP contribution is -2.31. The summed E-state index contributed by atoms with van der Waals surface area (Å²) in [5, 5.41) is 3.63. The molecule has 25 heavy (non-hydrogen) atoms. The SMILES string of the molecule is CCOCCOC(=O)N[C@H]1Cc2ccccc2Sc2ccc(Cl)cc21. The van der Waals surface area contributed by atoms with Gasteiger partial charge in [0.15, 0.2) is 0 Å². The molecule has 132 valence electrons. The molecule has 0 bridgehead atoms. The summed E-state index contributed by atoms with van der Waals surface area (Å²) in [7, 11) is 0. The smallest absolute Gasteiger partial charge is 0.407 e. The number of benzene rings is 2. The molecule has 2 aromatic rings. The van der Waals surface area contributed by atoms with Crippen LogP contribution in [0, 0.1) is 0 Å². The molecule has 4 nitrogen and oxygen atoms in total. The Morgan fingerprint density at radius 1 is 1.24 bits per heavy atom. The fourth-order valence-corrected chi connectivity index (χ4v) is 4.06. The summed E-state index contributed by atoms with van der Waals surface area (Å²) in [6.07, 6.45) is 0.247. The van der Waals surface area contributed by atoms with Crippen LogP contribution in [0.5, 0.6) is 0 Å². The second kappa shape index (κ2) is 8.61. The number of fused-ring (bicyclic) bond motifs is 2. The first-order valence-corrected chi connectivity index (χ1v) is 9.43. The van der Waals surface area contributed by atoms with Crippen molar-refractivity contribution in [1.29, 1.82) is 0 Å². The fraction of sp³-hybridized carbons (Fsp3) is 0.316. The van der Waals surface area contributed by atoms with E-state index in [0.717, 1.165) is 10.5 Å². The van der Waals surface area contributed by atoms with Crippen LogP contribution in [0.3, 0.4) is 0 Å². The Morgan fingerprint density at radius 3 is 2.92 bits per heavy atom. The van der Waals surface area contributed by atoms with E-state index in [4.69, 9.17) is 21.1 Å². The molecular weight excluding hydrogens is 358 g/mol. The zero-order valence-corrected chi connectivity index (χ0v) is 15.5. The molecule has 1 amide bonds. The monoisotopic (exact) mass is 377 g/mol. The quantitative estimate of drug-likeness (QED) is 0.756. The van der Waals surface area contributed by atoms with Crippen LogP contribution >= 0.6 is 23.4 Å². The summed E-state index contributed by atoms with van der Waals surface area (Å²) >= 11 is 7.89. The highest BCUT2D eigenvalue weighted by Crippen LogP contribution is 2.41. The third-order valence-electron chi connectivity index (χ3n) is 3.92. The fourth-order valence-electron chi connectivity index (χ4n) is 2.76. The number of carbonyl (C=O) groups excluding carboxylic acids is 1. The molecule has 1 N–H and O–H groups in total. The average Bonchev–Trinajstić information content (AvgIpc) is 2.75. The number of ether oxygens (including phenoxy) is 2. The molecule has 1 aliphatic heterocycles. The zero-order chi connectivity index (χ0) is 17.6. The molecule has 0 unspecified atom stereocenters. The van der Waals surface area contributed by atoms with Gasteiger partial charge in [0, 0.05) is 21.4 Å². The maximum atomic E-state index is 12.2. The predicted molar refractivity (Wildman–Crippen MR) is 99.4 cm³/mol. The summed E-state index contributed by atoms with van der Waals surface area (Å²) in [5.74, 6) is 0. The zero-order valence-electron chi connectivity index (χ0n) is 14.0. The van der Waals surface area contributed by atoms with Crippen molar-refractivity contribution in [2.45, 2.75) is 29.2 Å². The molecule has 1 atom stereocenters. The summed E-state index contributed by atoms with van der Waals surface area (Å²) in [5.41, 5.74) is 2.20. The van der Waals surface area contributed by atoms with Crippen molar-refractivity contribution >= 4 is 29.5 Å². The van der Waals surface area contributed by atoms with E-state index in [2.05, 4.69) is 17.4 Å². The van der Waals surface area contributed by atoms with Crippen molar-refractivity contribution in [2.24, 2.45) is 0 Å². The van der Waals surface area contributed by atoms with Gasteiger partial charge in [-0.25, -0.2) is 4.79 Å². The van der Waals surface area contributed by atoms with Gasteiger partial charge in [-0.1, -0.05) is 41.6 Å². The highest BCUT2D eigenvalue weighted by molar-refractivity contribution is 7.99. The number of alkyl carbamates (subject to hydrolysis) is 1. The molecule has 3 rings (SSSR count). The first-order valence-electron chi connectivity index (χ1n) is 8.23. The normalized spacial score (nSPS) is 15.7. The first-order chi connectivity index (χ1) is 12.2. The number of rotatable bonds is 5. The van der Waals surface area contributed by atoms with Gasteiger partial charge in [0.2, 0.25) is 0 Å². The largest absolute Gasteiger partial charge is 0.447 e. The Hall–Kier alpha value is -1.69. The van der Waals surface area contributed by atoms with E-state index in [-0.39, 0.29) is 12.6 Å². The Kier molecular flexibility index (Phi) is 6.24. The van der Waals surface area contributed by atoms with Gasteiger partial charge in [-0.05, 0) is 48.7 Å². The van der Waals surface area contributed by atoms with Crippen LogP contribution < -0.4 is 5.32 Å². The van der Waals surface area contributed by atoms with Crippen LogP contribution in [-0.2, 0) is 15.9 Å². The van der Waals surface area contributed by atoms with Gasteiger partial charge in [0.1, 0.15) is 6.61 Å². The van der Waals surface area contributed by atoms with Gasteiger partial charge in [-0.15, -0.1) is 0 Å². The first kappa shape index (κ1) is 18.1. The minimum absolute atomic E-state index is 0.190. The Morgan fingerprint density at radius 2 is 2.08 bits per heavy atom. The van der Waals surface area contributed by atoms with Crippen LogP contribution in [-0.4, -0.2) is 25.9 Å². The van der Waals surface area contributed by atoms with Crippen LogP contribution in [0.15, 0.2) is 52.3 Å². The minimum atomic E-state index is -0.444. The lowest BCUT2D eigenvalue weighted by Gasteiger charge is -2.19. The molecule has 1 heterocycles. The van der Waals surface area contributed by atoms with Crippen molar-refractivity contribution in [3.05, 3.63) is 58.6 Å². The van der Waals surface area contributed by atoms with E-state index in [1.807, 2.05) is 37.3 Å². The molecule has 0 saturated heterocycles. The van der Waals surface area contributed by atoms with Crippen LogP contribution in [0.1, 0.15) is 24.1 Å². The molecular formula is C19H20ClNO3S. The minimum Gasteiger partial charge on any atom is -0.447 e. The van der Waals surface area contributed by atoms with Crippen LogP contribution in [0.4, 0.5) is 4.79 Å². The van der Waals surface area contributed by atoms with Gasteiger partial charge in [-0.2, -0.15) is 0 Å². The van der Waals surface area contributed by atoms with E-state index in [9.17, 15) is 4.79 Å². The maximum absolute atomic E-state index is 12.2. The van der Waals surface area contributed by atoms with Gasteiger partial charge in [-0.3, -0.25) is 0 Å². The van der Waals surface area contributed by atoms with Crippen molar-refractivity contribution in [1.82, 2.24) is 5.32 Å². The number of carbonyl (C=O) groups is 1. The highest BCUT2D eigenvalue weighted by atomic mass is 35.5. The molecule has 1 aliphatic rings. The number of amides is 1. The predicted octanol–water partition coefficient (Wildman–Crippen LogP) is 4.85. The third kappa shape index (κ3) is 4.69. The molecule has 0 spiro atoms. The van der Waals surface area contributed by atoms with E-state index >= 15 is 0 Å². The Labute approximate surface area is 156 Å². The highest BCUT2D eigenvalue weighted by Gasteiger charge is 2.24. The second-order valence-corrected chi connectivity index (χ2v) is 7.15. The number of nitrogens with one attached hydrogen (secondary N) is 1. The molecule has 0 aromatic heterocycles.